The van der Waals surface area contributed by atoms with Crippen molar-refractivity contribution < 1.29 is 9.59 Å². The van der Waals surface area contributed by atoms with E-state index in [4.69, 9.17) is 16.6 Å². The van der Waals surface area contributed by atoms with Crippen LogP contribution in [0.2, 0.25) is 0 Å². The van der Waals surface area contributed by atoms with Crippen molar-refractivity contribution in [1.82, 2.24) is 9.78 Å². The maximum absolute atomic E-state index is 11.9. The van der Waals surface area contributed by atoms with Crippen LogP contribution in [0.1, 0.15) is 59.8 Å². The average molecular weight is 359 g/mol. The molecule has 25 heavy (non-hydrogen) atoms. The van der Waals surface area contributed by atoms with Gasteiger partial charge in [-0.05, 0) is 31.2 Å². The number of nitrogens with zero attached hydrogens (tertiary/aromatic N) is 2. The Bertz CT molecular complexity index is 848. The number of urea groups is 1. The zero-order valence-corrected chi connectivity index (χ0v) is 14.7. The molecule has 132 valence electrons. The van der Waals surface area contributed by atoms with E-state index < -0.39 is 11.9 Å². The Labute approximate surface area is 149 Å². The third kappa shape index (κ3) is 2.80. The molecule has 2 aromatic rings. The SMILES string of the molecule is NC(=O)Nc1sc2c(c1C(N)=O)CCc1nn(C3CCCCC3)cc1-2. The van der Waals surface area contributed by atoms with Gasteiger partial charge in [0, 0.05) is 16.6 Å². The van der Waals surface area contributed by atoms with Crippen molar-refractivity contribution in [2.24, 2.45) is 11.5 Å². The zero-order valence-electron chi connectivity index (χ0n) is 13.9. The zero-order chi connectivity index (χ0) is 17.6. The van der Waals surface area contributed by atoms with Crippen molar-refractivity contribution in [1.29, 1.82) is 0 Å². The molecule has 7 nitrogen and oxygen atoms in total. The third-order valence-corrected chi connectivity index (χ3v) is 6.28. The van der Waals surface area contributed by atoms with Crippen LogP contribution in [0, 0.1) is 0 Å². The maximum Gasteiger partial charge on any atom is 0.317 e. The van der Waals surface area contributed by atoms with Crippen molar-refractivity contribution in [3.05, 3.63) is 23.0 Å². The second-order valence-electron chi connectivity index (χ2n) is 6.73. The molecule has 3 amide bonds. The first-order valence-electron chi connectivity index (χ1n) is 8.65. The number of anilines is 1. The summed E-state index contributed by atoms with van der Waals surface area (Å²) in [6, 6.07) is -0.235. The number of thiophene rings is 1. The van der Waals surface area contributed by atoms with Crippen LogP contribution < -0.4 is 16.8 Å². The minimum Gasteiger partial charge on any atom is -0.365 e. The lowest BCUT2D eigenvalue weighted by atomic mass is 9.93. The van der Waals surface area contributed by atoms with Gasteiger partial charge in [0.05, 0.1) is 17.3 Å². The average Bonchev–Trinajstić information content (AvgIpc) is 3.15. The standard InChI is InChI=1S/C17H21N5O2S/c18-15(23)13-10-6-7-12-11(14(10)25-16(13)20-17(19)24)8-22(21-12)9-4-2-1-3-5-9/h8-9H,1-7H2,(H2,18,23)(H3,19,20,24). The minimum atomic E-state index is -0.695. The van der Waals surface area contributed by atoms with Crippen LogP contribution in [0.5, 0.6) is 0 Å². The molecule has 8 heteroatoms. The first-order chi connectivity index (χ1) is 12.0. The molecule has 0 aromatic carbocycles. The van der Waals surface area contributed by atoms with E-state index >= 15 is 0 Å². The highest BCUT2D eigenvalue weighted by Crippen LogP contribution is 2.45. The molecule has 2 aromatic heterocycles. The van der Waals surface area contributed by atoms with E-state index in [1.165, 1.54) is 43.4 Å². The highest BCUT2D eigenvalue weighted by molar-refractivity contribution is 7.20. The number of fused-ring (bicyclic) bond motifs is 3. The number of nitrogens with one attached hydrogen (secondary N) is 1. The number of aromatic nitrogens is 2. The van der Waals surface area contributed by atoms with Crippen LogP contribution in [0.25, 0.3) is 10.4 Å². The summed E-state index contributed by atoms with van der Waals surface area (Å²) in [4.78, 5) is 24.2. The molecule has 0 atom stereocenters. The molecule has 5 N–H and O–H groups in total. The Morgan fingerprint density at radius 1 is 1.20 bits per heavy atom. The number of aryl methyl sites for hydroxylation is 1. The van der Waals surface area contributed by atoms with Gasteiger partial charge >= 0.3 is 6.03 Å². The number of carbonyl (C=O) groups excluding carboxylic acids is 2. The van der Waals surface area contributed by atoms with Crippen LogP contribution in [-0.4, -0.2) is 21.7 Å². The number of hydrogen-bond donors (Lipinski definition) is 3. The van der Waals surface area contributed by atoms with Crippen molar-refractivity contribution >= 4 is 28.3 Å². The van der Waals surface area contributed by atoms with Crippen LogP contribution in [0.3, 0.4) is 0 Å². The molecular formula is C17H21N5O2S. The van der Waals surface area contributed by atoms with Gasteiger partial charge in [-0.15, -0.1) is 11.3 Å². The van der Waals surface area contributed by atoms with Crippen LogP contribution in [0.15, 0.2) is 6.20 Å². The van der Waals surface area contributed by atoms with E-state index in [1.807, 2.05) is 0 Å². The fourth-order valence-corrected chi connectivity index (χ4v) is 5.25. The normalized spacial score (nSPS) is 17.0. The van der Waals surface area contributed by atoms with Gasteiger partial charge in [-0.1, -0.05) is 19.3 Å². The predicted octanol–water partition coefficient (Wildman–Crippen LogP) is 2.80. The number of nitrogens with two attached hydrogens (primary N) is 2. The van der Waals surface area contributed by atoms with Crippen molar-refractivity contribution in [3.63, 3.8) is 0 Å². The van der Waals surface area contributed by atoms with Gasteiger partial charge in [-0.25, -0.2) is 4.79 Å². The Hall–Kier alpha value is -2.35. The molecule has 0 radical (unpaired) electrons. The van der Waals surface area contributed by atoms with Gasteiger partial charge in [0.15, 0.2) is 0 Å². The van der Waals surface area contributed by atoms with E-state index in [1.54, 1.807) is 0 Å². The summed E-state index contributed by atoms with van der Waals surface area (Å²) in [6.07, 6.45) is 9.69. The van der Waals surface area contributed by atoms with Crippen molar-refractivity contribution in [3.8, 4) is 10.4 Å². The molecule has 2 aliphatic rings. The second-order valence-corrected chi connectivity index (χ2v) is 7.75. The molecule has 0 aliphatic heterocycles. The van der Waals surface area contributed by atoms with E-state index in [0.29, 0.717) is 23.0 Å². The summed E-state index contributed by atoms with van der Waals surface area (Å²) in [7, 11) is 0. The molecule has 1 saturated carbocycles. The molecule has 2 aliphatic carbocycles. The van der Waals surface area contributed by atoms with Gasteiger partial charge in [0.1, 0.15) is 5.00 Å². The van der Waals surface area contributed by atoms with Gasteiger partial charge in [-0.3, -0.25) is 14.8 Å². The Kier molecular flexibility index (Phi) is 3.99. The van der Waals surface area contributed by atoms with Crippen LogP contribution >= 0.6 is 11.3 Å². The Balaban J connectivity index is 1.77. The second kappa shape index (κ2) is 6.18. The Morgan fingerprint density at radius 2 is 1.96 bits per heavy atom. The van der Waals surface area contributed by atoms with E-state index in [-0.39, 0.29) is 0 Å². The molecule has 1 fully saturated rings. The predicted molar refractivity (Wildman–Crippen MR) is 96.8 cm³/mol. The third-order valence-electron chi connectivity index (χ3n) is 5.10. The largest absolute Gasteiger partial charge is 0.365 e. The number of rotatable bonds is 3. The van der Waals surface area contributed by atoms with E-state index in [2.05, 4.69) is 16.2 Å². The molecule has 4 rings (SSSR count). The lowest BCUT2D eigenvalue weighted by Gasteiger charge is -2.21. The number of amides is 3. The summed E-state index contributed by atoms with van der Waals surface area (Å²) in [5, 5.41) is 7.79. The summed E-state index contributed by atoms with van der Waals surface area (Å²) >= 11 is 1.36. The van der Waals surface area contributed by atoms with Gasteiger partial charge in [0.25, 0.3) is 5.91 Å². The van der Waals surface area contributed by atoms with Crippen LogP contribution in [0.4, 0.5) is 9.80 Å². The lowest BCUT2D eigenvalue weighted by Crippen LogP contribution is -2.22. The molecule has 0 saturated heterocycles. The first-order valence-corrected chi connectivity index (χ1v) is 9.46. The fraction of sp³-hybridized carbons (Fsp3) is 0.471. The fourth-order valence-electron chi connectivity index (χ4n) is 3.96. The highest BCUT2D eigenvalue weighted by atomic mass is 32.1. The number of hydrogen-bond acceptors (Lipinski definition) is 4. The molecule has 0 bridgehead atoms. The molecule has 0 spiro atoms. The van der Waals surface area contributed by atoms with E-state index in [0.717, 1.165) is 28.1 Å². The Morgan fingerprint density at radius 3 is 2.64 bits per heavy atom. The van der Waals surface area contributed by atoms with Gasteiger partial charge < -0.3 is 11.5 Å². The summed E-state index contributed by atoms with van der Waals surface area (Å²) in [6.45, 7) is 0. The smallest absolute Gasteiger partial charge is 0.317 e. The van der Waals surface area contributed by atoms with E-state index in [9.17, 15) is 9.59 Å². The monoisotopic (exact) mass is 359 g/mol. The van der Waals surface area contributed by atoms with Crippen LogP contribution in [-0.2, 0) is 12.8 Å². The minimum absolute atomic E-state index is 0.384. The molecular weight excluding hydrogens is 338 g/mol. The maximum atomic E-state index is 11.9. The highest BCUT2D eigenvalue weighted by Gasteiger charge is 2.30. The summed E-state index contributed by atoms with van der Waals surface area (Å²) in [5.74, 6) is -0.538. The lowest BCUT2D eigenvalue weighted by molar-refractivity contribution is 0.100. The van der Waals surface area contributed by atoms with Gasteiger partial charge in [0.2, 0.25) is 0 Å². The van der Waals surface area contributed by atoms with Gasteiger partial charge in [-0.2, -0.15) is 5.10 Å². The topological polar surface area (TPSA) is 116 Å². The van der Waals surface area contributed by atoms with Crippen molar-refractivity contribution in [2.45, 2.75) is 51.0 Å². The van der Waals surface area contributed by atoms with Crippen molar-refractivity contribution in [2.75, 3.05) is 5.32 Å². The molecule has 0 unspecified atom stereocenters. The summed E-state index contributed by atoms with van der Waals surface area (Å²) in [5.41, 5.74) is 14.2. The first kappa shape index (κ1) is 16.1. The quantitative estimate of drug-likeness (QED) is 0.782. The summed E-state index contributed by atoms with van der Waals surface area (Å²) < 4.78 is 2.10. The molecule has 2 heterocycles. The number of primary amides is 2. The number of carbonyl (C=O) groups is 2.